The molecule has 7 nitrogen and oxygen atoms in total. The van der Waals surface area contributed by atoms with E-state index in [-0.39, 0.29) is 5.84 Å². The lowest BCUT2D eigenvalue weighted by atomic mass is 9.78. The Morgan fingerprint density at radius 1 is 0.604 bits per heavy atom. The summed E-state index contributed by atoms with van der Waals surface area (Å²) in [6.07, 6.45) is 5.21. The Bertz CT molecular complexity index is 1530. The zero-order chi connectivity index (χ0) is 33.3. The van der Waals surface area contributed by atoms with Gasteiger partial charge in [-0.3, -0.25) is 15.2 Å². The fourth-order valence-corrected chi connectivity index (χ4v) is 7.18. The van der Waals surface area contributed by atoms with Gasteiger partial charge in [0.2, 0.25) is 0 Å². The standard InChI is InChI=1S/C41H49N5O2/c1-30(42)35-8-12-39(13-9-35)47-28-33-6-2-4-31(24-33)26-45-20-16-36(17-21-45)37-18-22-46(23-19-37)27-32-5-3-7-34(25-32)29-48-40-14-10-38(11-15-40)41(43)44/h2-15,24-25,36-37,42H,16-23,26-29H2,1H3,(H3,43,44). The molecule has 250 valence electrons. The minimum Gasteiger partial charge on any atom is -0.489 e. The summed E-state index contributed by atoms with van der Waals surface area (Å²) in [4.78, 5) is 5.25. The highest BCUT2D eigenvalue weighted by Crippen LogP contribution is 2.33. The van der Waals surface area contributed by atoms with Crippen molar-refractivity contribution in [1.82, 2.24) is 9.80 Å². The minimum absolute atomic E-state index is 0.0688. The van der Waals surface area contributed by atoms with E-state index in [9.17, 15) is 0 Å². The molecule has 2 aliphatic rings. The number of hydrogen-bond acceptors (Lipinski definition) is 6. The molecule has 48 heavy (non-hydrogen) atoms. The Labute approximate surface area is 285 Å². The van der Waals surface area contributed by atoms with Crippen LogP contribution in [0.5, 0.6) is 11.5 Å². The van der Waals surface area contributed by atoms with Crippen LogP contribution in [-0.2, 0) is 26.3 Å². The molecule has 2 heterocycles. The summed E-state index contributed by atoms with van der Waals surface area (Å²) in [5, 5.41) is 15.3. The number of likely N-dealkylation sites (tertiary alicyclic amines) is 2. The molecular formula is C41H49N5O2. The van der Waals surface area contributed by atoms with E-state index < -0.39 is 0 Å². The van der Waals surface area contributed by atoms with Crippen molar-refractivity contribution in [2.24, 2.45) is 17.6 Å². The lowest BCUT2D eigenvalue weighted by Crippen LogP contribution is -2.40. The lowest BCUT2D eigenvalue weighted by Gasteiger charge is -2.40. The van der Waals surface area contributed by atoms with Crippen LogP contribution in [0.4, 0.5) is 0 Å². The monoisotopic (exact) mass is 643 g/mol. The average Bonchev–Trinajstić information content (AvgIpc) is 3.11. The highest BCUT2D eigenvalue weighted by Gasteiger charge is 2.29. The third-order valence-corrected chi connectivity index (χ3v) is 9.99. The molecule has 0 spiro atoms. The predicted molar refractivity (Wildman–Crippen MR) is 194 cm³/mol. The van der Waals surface area contributed by atoms with Crippen molar-refractivity contribution in [2.45, 2.75) is 58.9 Å². The van der Waals surface area contributed by atoms with E-state index in [4.69, 9.17) is 26.0 Å². The van der Waals surface area contributed by atoms with Crippen molar-refractivity contribution < 1.29 is 9.47 Å². The smallest absolute Gasteiger partial charge is 0.122 e. The molecule has 4 aromatic rings. The number of piperidine rings is 2. The lowest BCUT2D eigenvalue weighted by molar-refractivity contribution is 0.0909. The molecule has 2 fully saturated rings. The fourth-order valence-electron chi connectivity index (χ4n) is 7.18. The molecule has 0 saturated carbocycles. The van der Waals surface area contributed by atoms with E-state index in [0.29, 0.717) is 24.5 Å². The molecule has 6 rings (SSSR count). The molecule has 0 amide bonds. The first-order chi connectivity index (χ1) is 23.4. The first-order valence-electron chi connectivity index (χ1n) is 17.3. The van der Waals surface area contributed by atoms with E-state index in [1.165, 1.54) is 74.1 Å². The molecule has 4 aromatic carbocycles. The fraction of sp³-hybridized carbons (Fsp3) is 0.366. The van der Waals surface area contributed by atoms with Crippen LogP contribution in [-0.4, -0.2) is 47.5 Å². The van der Waals surface area contributed by atoms with Crippen LogP contribution in [0.1, 0.15) is 66.0 Å². The molecule has 2 saturated heterocycles. The second-order valence-corrected chi connectivity index (χ2v) is 13.5. The number of benzene rings is 4. The number of hydrogen-bond donors (Lipinski definition) is 3. The average molecular weight is 644 g/mol. The number of amidine groups is 1. The van der Waals surface area contributed by atoms with Gasteiger partial charge in [0.1, 0.15) is 30.5 Å². The third kappa shape index (κ3) is 9.33. The number of nitrogens with two attached hydrogens (primary N) is 1. The largest absolute Gasteiger partial charge is 0.489 e. The summed E-state index contributed by atoms with van der Waals surface area (Å²) in [5.41, 5.74) is 12.8. The van der Waals surface area contributed by atoms with Crippen molar-refractivity contribution in [3.05, 3.63) is 130 Å². The maximum Gasteiger partial charge on any atom is 0.122 e. The Morgan fingerprint density at radius 3 is 1.40 bits per heavy atom. The summed E-state index contributed by atoms with van der Waals surface area (Å²) in [7, 11) is 0. The summed E-state index contributed by atoms with van der Waals surface area (Å²) in [6, 6.07) is 32.8. The van der Waals surface area contributed by atoms with Gasteiger partial charge >= 0.3 is 0 Å². The Kier molecular flexibility index (Phi) is 11.2. The summed E-state index contributed by atoms with van der Waals surface area (Å²) in [5.74, 6) is 3.38. The first kappa shape index (κ1) is 33.4. The van der Waals surface area contributed by atoms with Gasteiger partial charge < -0.3 is 20.6 Å². The van der Waals surface area contributed by atoms with Gasteiger partial charge in [0.05, 0.1) is 0 Å². The highest BCUT2D eigenvalue weighted by atomic mass is 16.5. The SMILES string of the molecule is CC(=N)c1ccc(OCc2cccc(CN3CCC(C4CCN(Cc5cccc(COc6ccc(C(=N)N)cc6)c5)CC4)CC3)c2)cc1. The summed E-state index contributed by atoms with van der Waals surface area (Å²) >= 11 is 0. The van der Waals surface area contributed by atoms with E-state index in [2.05, 4.69) is 58.3 Å². The molecular weight excluding hydrogens is 594 g/mol. The van der Waals surface area contributed by atoms with Crippen LogP contribution in [0.3, 0.4) is 0 Å². The van der Waals surface area contributed by atoms with Gasteiger partial charge in [-0.1, -0.05) is 48.5 Å². The molecule has 0 aliphatic carbocycles. The maximum absolute atomic E-state index is 7.77. The zero-order valence-corrected chi connectivity index (χ0v) is 28.2. The topological polar surface area (TPSA) is 98.7 Å². The van der Waals surface area contributed by atoms with E-state index in [1.807, 2.05) is 48.5 Å². The molecule has 2 aliphatic heterocycles. The Hall–Kier alpha value is -4.46. The number of rotatable bonds is 13. The highest BCUT2D eigenvalue weighted by molar-refractivity contribution is 5.96. The Balaban J connectivity index is 0.901. The van der Waals surface area contributed by atoms with Gasteiger partial charge in [-0.2, -0.15) is 0 Å². The van der Waals surface area contributed by atoms with Crippen LogP contribution in [0.2, 0.25) is 0 Å². The van der Waals surface area contributed by atoms with Crippen LogP contribution >= 0.6 is 0 Å². The van der Waals surface area contributed by atoms with Crippen LogP contribution < -0.4 is 15.2 Å². The molecule has 4 N–H and O–H groups in total. The van der Waals surface area contributed by atoms with Crippen molar-refractivity contribution in [3.8, 4) is 11.5 Å². The van der Waals surface area contributed by atoms with Gasteiger partial charge in [0, 0.05) is 24.4 Å². The van der Waals surface area contributed by atoms with Gasteiger partial charge in [-0.15, -0.1) is 0 Å². The third-order valence-electron chi connectivity index (χ3n) is 9.99. The van der Waals surface area contributed by atoms with Crippen LogP contribution in [0.15, 0.2) is 97.1 Å². The van der Waals surface area contributed by atoms with Crippen LogP contribution in [0.25, 0.3) is 0 Å². The molecule has 0 bridgehead atoms. The number of nitrogens with one attached hydrogen (secondary N) is 2. The summed E-state index contributed by atoms with van der Waals surface area (Å²) < 4.78 is 12.0. The van der Waals surface area contributed by atoms with Gasteiger partial charge in [0.15, 0.2) is 0 Å². The Morgan fingerprint density at radius 2 is 1.00 bits per heavy atom. The molecule has 0 atom stereocenters. The van der Waals surface area contributed by atoms with Crippen molar-refractivity contribution in [1.29, 1.82) is 10.8 Å². The first-order valence-corrected chi connectivity index (χ1v) is 17.3. The van der Waals surface area contributed by atoms with E-state index in [1.54, 1.807) is 6.92 Å². The molecule has 0 unspecified atom stereocenters. The van der Waals surface area contributed by atoms with Gasteiger partial charge in [-0.25, -0.2) is 0 Å². The predicted octanol–water partition coefficient (Wildman–Crippen LogP) is 7.64. The van der Waals surface area contributed by atoms with E-state index in [0.717, 1.165) is 42.0 Å². The van der Waals surface area contributed by atoms with Crippen molar-refractivity contribution in [2.75, 3.05) is 26.2 Å². The summed E-state index contributed by atoms with van der Waals surface area (Å²) in [6.45, 7) is 9.59. The normalized spacial score (nSPS) is 16.4. The van der Waals surface area contributed by atoms with Gasteiger partial charge in [-0.05, 0) is 147 Å². The second-order valence-electron chi connectivity index (χ2n) is 13.5. The minimum atomic E-state index is 0.0688. The maximum atomic E-state index is 7.77. The van der Waals surface area contributed by atoms with Crippen LogP contribution in [0, 0.1) is 22.7 Å². The molecule has 0 aromatic heterocycles. The van der Waals surface area contributed by atoms with Crippen molar-refractivity contribution >= 4 is 11.5 Å². The molecule has 0 radical (unpaired) electrons. The molecule has 7 heteroatoms. The van der Waals surface area contributed by atoms with Crippen molar-refractivity contribution in [3.63, 3.8) is 0 Å². The van der Waals surface area contributed by atoms with Gasteiger partial charge in [0.25, 0.3) is 0 Å². The number of nitrogen functional groups attached to an aromatic ring is 1. The number of nitrogens with zero attached hydrogens (tertiary/aromatic N) is 2. The zero-order valence-electron chi connectivity index (χ0n) is 28.2. The number of ether oxygens (including phenoxy) is 2. The quantitative estimate of drug-likeness (QED) is 0.103. The second kappa shape index (κ2) is 16.1. The van der Waals surface area contributed by atoms with E-state index >= 15 is 0 Å².